The highest BCUT2D eigenvalue weighted by molar-refractivity contribution is 6.78. The Morgan fingerprint density at radius 1 is 1.44 bits per heavy atom. The molecule has 0 aromatic heterocycles. The standard InChI is InChI=1S/C12H18O3Si/c1-16(2,3)11-8-6-10(13)15-12(8)4-5-14-9(11)7-12/h6,9,11H,4-5,7H2,1-3H3/t9-,11+,12-/m0/s1. The molecule has 3 rings (SSSR count). The fourth-order valence-corrected chi connectivity index (χ4v) is 6.18. The molecule has 1 spiro atoms. The van der Waals surface area contributed by atoms with E-state index in [1.807, 2.05) is 0 Å². The molecule has 2 aliphatic heterocycles. The number of esters is 1. The molecular formula is C12H18O3Si. The van der Waals surface area contributed by atoms with Crippen molar-refractivity contribution < 1.29 is 14.3 Å². The van der Waals surface area contributed by atoms with Gasteiger partial charge in [0.2, 0.25) is 0 Å². The van der Waals surface area contributed by atoms with Gasteiger partial charge < -0.3 is 9.47 Å². The van der Waals surface area contributed by atoms with E-state index in [9.17, 15) is 4.79 Å². The first-order valence-electron chi connectivity index (χ1n) is 5.99. The maximum absolute atomic E-state index is 11.5. The van der Waals surface area contributed by atoms with Crippen LogP contribution in [0.1, 0.15) is 12.8 Å². The quantitative estimate of drug-likeness (QED) is 0.518. The summed E-state index contributed by atoms with van der Waals surface area (Å²) in [5.41, 5.74) is 1.44. The van der Waals surface area contributed by atoms with Crippen molar-refractivity contribution >= 4 is 14.0 Å². The van der Waals surface area contributed by atoms with E-state index in [0.29, 0.717) is 11.6 Å². The van der Waals surface area contributed by atoms with Gasteiger partial charge in [-0.1, -0.05) is 19.6 Å². The zero-order valence-electron chi connectivity index (χ0n) is 10.1. The first-order chi connectivity index (χ1) is 7.42. The van der Waals surface area contributed by atoms with Crippen LogP contribution in [0.2, 0.25) is 25.2 Å². The van der Waals surface area contributed by atoms with Crippen molar-refractivity contribution in [1.82, 2.24) is 0 Å². The van der Waals surface area contributed by atoms with Crippen LogP contribution in [0.3, 0.4) is 0 Å². The minimum atomic E-state index is -1.36. The van der Waals surface area contributed by atoms with E-state index < -0.39 is 8.07 Å². The van der Waals surface area contributed by atoms with Gasteiger partial charge in [-0.2, -0.15) is 0 Å². The molecule has 0 aromatic rings. The molecule has 1 saturated carbocycles. The summed E-state index contributed by atoms with van der Waals surface area (Å²) in [4.78, 5) is 11.5. The number of fused-ring (bicyclic) bond motifs is 1. The highest BCUT2D eigenvalue weighted by Crippen LogP contribution is 2.57. The molecule has 1 saturated heterocycles. The summed E-state index contributed by atoms with van der Waals surface area (Å²) >= 11 is 0. The van der Waals surface area contributed by atoms with Gasteiger partial charge >= 0.3 is 5.97 Å². The van der Waals surface area contributed by atoms with E-state index in [1.54, 1.807) is 6.08 Å². The fourth-order valence-electron chi connectivity index (χ4n) is 3.57. The number of hydrogen-bond acceptors (Lipinski definition) is 3. The van der Waals surface area contributed by atoms with Gasteiger partial charge in [0.25, 0.3) is 0 Å². The third-order valence-electron chi connectivity index (χ3n) is 4.10. The van der Waals surface area contributed by atoms with Crippen LogP contribution in [0.15, 0.2) is 11.6 Å². The second kappa shape index (κ2) is 2.99. The Labute approximate surface area is 96.8 Å². The topological polar surface area (TPSA) is 35.5 Å². The maximum Gasteiger partial charge on any atom is 0.331 e. The predicted molar refractivity (Wildman–Crippen MR) is 63.0 cm³/mol. The van der Waals surface area contributed by atoms with Gasteiger partial charge in [-0.15, -0.1) is 0 Å². The monoisotopic (exact) mass is 238 g/mol. The Hall–Kier alpha value is -0.613. The van der Waals surface area contributed by atoms with Crippen LogP contribution in [0.25, 0.3) is 0 Å². The molecule has 4 heteroatoms. The Morgan fingerprint density at radius 3 is 2.88 bits per heavy atom. The third-order valence-corrected chi connectivity index (χ3v) is 6.65. The van der Waals surface area contributed by atoms with E-state index in [0.717, 1.165) is 19.4 Å². The van der Waals surface area contributed by atoms with E-state index in [-0.39, 0.29) is 11.6 Å². The Morgan fingerprint density at radius 2 is 2.19 bits per heavy atom. The predicted octanol–water partition coefficient (Wildman–Crippen LogP) is 2.11. The molecule has 16 heavy (non-hydrogen) atoms. The SMILES string of the molecule is C[Si](C)(C)[C@@H]1C2=CC(=O)O[C@]23CCO[C@H]1C3. The summed E-state index contributed by atoms with van der Waals surface area (Å²) in [6.45, 7) is 7.77. The normalized spacial score (nSPS) is 41.7. The van der Waals surface area contributed by atoms with E-state index in [2.05, 4.69) is 19.6 Å². The summed E-state index contributed by atoms with van der Waals surface area (Å²) in [6.07, 6.45) is 3.78. The summed E-state index contributed by atoms with van der Waals surface area (Å²) in [7, 11) is -1.36. The van der Waals surface area contributed by atoms with Gasteiger partial charge in [-0.05, 0) is 5.57 Å². The Balaban J connectivity index is 2.07. The zero-order chi connectivity index (χ0) is 11.6. The van der Waals surface area contributed by atoms with Crippen molar-refractivity contribution in [2.24, 2.45) is 0 Å². The summed E-state index contributed by atoms with van der Waals surface area (Å²) in [5, 5.41) is 0. The molecule has 3 atom stereocenters. The van der Waals surface area contributed by atoms with Crippen LogP contribution in [0, 0.1) is 0 Å². The molecule has 3 nitrogen and oxygen atoms in total. The molecule has 0 N–H and O–H groups in total. The molecule has 2 fully saturated rings. The van der Waals surface area contributed by atoms with Crippen LogP contribution in [-0.4, -0.2) is 32.4 Å². The van der Waals surface area contributed by atoms with Gasteiger partial charge in [-0.3, -0.25) is 0 Å². The minimum Gasteiger partial charge on any atom is -0.451 e. The molecule has 3 aliphatic rings. The average Bonchev–Trinajstić information content (AvgIpc) is 2.50. The van der Waals surface area contributed by atoms with Crippen molar-refractivity contribution in [2.75, 3.05) is 6.61 Å². The Kier molecular flexibility index (Phi) is 1.97. The van der Waals surface area contributed by atoms with Crippen LogP contribution in [-0.2, 0) is 14.3 Å². The average molecular weight is 238 g/mol. The van der Waals surface area contributed by atoms with Crippen molar-refractivity contribution in [3.05, 3.63) is 11.6 Å². The molecular weight excluding hydrogens is 220 g/mol. The van der Waals surface area contributed by atoms with Crippen LogP contribution in [0.5, 0.6) is 0 Å². The first-order valence-corrected chi connectivity index (χ1v) is 9.57. The molecule has 2 bridgehead atoms. The second-order valence-electron chi connectivity index (χ2n) is 6.22. The largest absolute Gasteiger partial charge is 0.451 e. The van der Waals surface area contributed by atoms with Crippen LogP contribution < -0.4 is 0 Å². The van der Waals surface area contributed by atoms with Gasteiger partial charge in [-0.25, -0.2) is 4.79 Å². The first kappa shape index (κ1) is 10.5. The number of hydrogen-bond donors (Lipinski definition) is 0. The van der Waals surface area contributed by atoms with E-state index in [4.69, 9.17) is 9.47 Å². The second-order valence-corrected chi connectivity index (χ2v) is 11.6. The molecule has 2 heterocycles. The van der Waals surface area contributed by atoms with Crippen molar-refractivity contribution in [2.45, 2.75) is 49.7 Å². The molecule has 0 aromatic carbocycles. The maximum atomic E-state index is 11.5. The fraction of sp³-hybridized carbons (Fsp3) is 0.750. The van der Waals surface area contributed by atoms with E-state index in [1.165, 1.54) is 5.57 Å². The van der Waals surface area contributed by atoms with E-state index >= 15 is 0 Å². The van der Waals surface area contributed by atoms with Crippen molar-refractivity contribution in [1.29, 1.82) is 0 Å². The lowest BCUT2D eigenvalue weighted by Crippen LogP contribution is -2.36. The van der Waals surface area contributed by atoms with Gasteiger partial charge in [0.15, 0.2) is 0 Å². The molecule has 0 unspecified atom stereocenters. The summed E-state index contributed by atoms with van der Waals surface area (Å²) in [5.74, 6) is -0.140. The number of carbonyl (C=O) groups is 1. The number of rotatable bonds is 1. The smallest absolute Gasteiger partial charge is 0.331 e. The molecule has 0 amide bonds. The third kappa shape index (κ3) is 1.26. The highest BCUT2D eigenvalue weighted by Gasteiger charge is 2.60. The minimum absolute atomic E-state index is 0.140. The van der Waals surface area contributed by atoms with Gasteiger partial charge in [0.1, 0.15) is 5.60 Å². The van der Waals surface area contributed by atoms with Gasteiger partial charge in [0.05, 0.1) is 20.8 Å². The summed E-state index contributed by atoms with van der Waals surface area (Å²) in [6, 6.07) is 0. The highest BCUT2D eigenvalue weighted by atomic mass is 28.3. The number of carbonyl (C=O) groups excluding carboxylic acids is 1. The lowest BCUT2D eigenvalue weighted by molar-refractivity contribution is -0.152. The van der Waals surface area contributed by atoms with Crippen molar-refractivity contribution in [3.8, 4) is 0 Å². The lowest BCUT2D eigenvalue weighted by Gasteiger charge is -2.31. The van der Waals surface area contributed by atoms with Crippen LogP contribution >= 0.6 is 0 Å². The number of ether oxygens (including phenoxy) is 2. The van der Waals surface area contributed by atoms with Crippen molar-refractivity contribution in [3.63, 3.8) is 0 Å². The summed E-state index contributed by atoms with van der Waals surface area (Å²) < 4.78 is 11.5. The molecule has 88 valence electrons. The zero-order valence-corrected chi connectivity index (χ0v) is 11.1. The Bertz CT molecular complexity index is 382. The molecule has 1 aliphatic carbocycles. The molecule has 0 radical (unpaired) electrons. The van der Waals surface area contributed by atoms with Crippen LogP contribution in [0.4, 0.5) is 0 Å². The lowest BCUT2D eigenvalue weighted by atomic mass is 9.94. The van der Waals surface area contributed by atoms with Gasteiger partial charge in [0, 0.05) is 24.5 Å².